The van der Waals surface area contributed by atoms with Crippen LogP contribution in [0.25, 0.3) is 0 Å². The molecule has 0 radical (unpaired) electrons. The average Bonchev–Trinajstić information content (AvgIpc) is 2.96. The summed E-state index contributed by atoms with van der Waals surface area (Å²) in [6.45, 7) is 3.52. The van der Waals surface area contributed by atoms with Gasteiger partial charge in [-0.25, -0.2) is 0 Å². The van der Waals surface area contributed by atoms with Crippen LogP contribution in [0.1, 0.15) is 50.2 Å². The van der Waals surface area contributed by atoms with Gasteiger partial charge in [-0.3, -0.25) is 9.59 Å². The highest BCUT2D eigenvalue weighted by Crippen LogP contribution is 2.23. The van der Waals surface area contributed by atoms with E-state index in [1.165, 1.54) is 11.1 Å². The minimum atomic E-state index is -0.255. The van der Waals surface area contributed by atoms with Crippen molar-refractivity contribution in [1.82, 2.24) is 4.90 Å². The standard InChI is InChI=1S/C19H26N2O2/c1-2-6-15(7-5-10-18(20)22)11-12-19(23)21-13-16-8-3-4-9-17(16)14-21/h3-4,8-9,11-12,15H,2,5-7,10,13-14H2,1H3,(H2,20,22)/t15-/m0/s1. The van der Waals surface area contributed by atoms with E-state index >= 15 is 0 Å². The minimum absolute atomic E-state index is 0.0669. The molecule has 2 rings (SSSR count). The van der Waals surface area contributed by atoms with Crippen LogP contribution in [0.5, 0.6) is 0 Å². The molecule has 0 aliphatic carbocycles. The van der Waals surface area contributed by atoms with Gasteiger partial charge in [-0.05, 0) is 42.4 Å². The molecule has 0 bridgehead atoms. The third-order valence-corrected chi connectivity index (χ3v) is 4.32. The van der Waals surface area contributed by atoms with Crippen LogP contribution in [0, 0.1) is 5.92 Å². The third-order valence-electron chi connectivity index (χ3n) is 4.32. The number of hydrogen-bond acceptors (Lipinski definition) is 2. The molecule has 0 aromatic heterocycles. The Morgan fingerprint density at radius 3 is 2.43 bits per heavy atom. The Morgan fingerprint density at radius 1 is 1.22 bits per heavy atom. The molecule has 4 heteroatoms. The highest BCUT2D eigenvalue weighted by molar-refractivity contribution is 5.88. The Hall–Kier alpha value is -2.10. The minimum Gasteiger partial charge on any atom is -0.370 e. The fourth-order valence-electron chi connectivity index (χ4n) is 3.06. The molecular weight excluding hydrogens is 288 g/mol. The lowest BCUT2D eigenvalue weighted by Crippen LogP contribution is -2.23. The summed E-state index contributed by atoms with van der Waals surface area (Å²) in [7, 11) is 0. The fourth-order valence-corrected chi connectivity index (χ4v) is 3.06. The lowest BCUT2D eigenvalue weighted by Gasteiger charge is -2.14. The number of amides is 2. The average molecular weight is 314 g/mol. The second kappa shape index (κ2) is 8.51. The maximum Gasteiger partial charge on any atom is 0.246 e. The molecule has 0 spiro atoms. The molecule has 23 heavy (non-hydrogen) atoms. The summed E-state index contributed by atoms with van der Waals surface area (Å²) < 4.78 is 0. The SMILES string of the molecule is CCC[C@H](C=CC(=O)N1Cc2ccccc2C1)CCCC(N)=O. The van der Waals surface area contributed by atoms with Gasteiger partial charge >= 0.3 is 0 Å². The molecule has 1 aromatic rings. The first-order chi connectivity index (χ1) is 11.1. The van der Waals surface area contributed by atoms with Crippen LogP contribution in [0.2, 0.25) is 0 Å². The lowest BCUT2D eigenvalue weighted by atomic mass is 9.96. The topological polar surface area (TPSA) is 63.4 Å². The molecule has 1 aliphatic heterocycles. The largest absolute Gasteiger partial charge is 0.370 e. The smallest absolute Gasteiger partial charge is 0.246 e. The molecule has 0 saturated heterocycles. The van der Waals surface area contributed by atoms with Gasteiger partial charge in [0.25, 0.3) is 0 Å². The van der Waals surface area contributed by atoms with Gasteiger partial charge in [-0.2, -0.15) is 0 Å². The molecule has 2 amide bonds. The van der Waals surface area contributed by atoms with E-state index in [-0.39, 0.29) is 11.8 Å². The van der Waals surface area contributed by atoms with Crippen LogP contribution in [-0.4, -0.2) is 16.7 Å². The Labute approximate surface area is 138 Å². The van der Waals surface area contributed by atoms with Gasteiger partial charge in [0.1, 0.15) is 0 Å². The Balaban J connectivity index is 1.87. The summed E-state index contributed by atoms with van der Waals surface area (Å²) >= 11 is 0. The van der Waals surface area contributed by atoms with Crippen molar-refractivity contribution in [1.29, 1.82) is 0 Å². The van der Waals surface area contributed by atoms with Gasteiger partial charge in [0.15, 0.2) is 0 Å². The van der Waals surface area contributed by atoms with Crippen molar-refractivity contribution >= 4 is 11.8 Å². The zero-order valence-electron chi connectivity index (χ0n) is 13.8. The molecule has 0 fully saturated rings. The number of hydrogen-bond donors (Lipinski definition) is 1. The maximum atomic E-state index is 12.4. The van der Waals surface area contributed by atoms with E-state index in [1.807, 2.05) is 23.1 Å². The molecule has 0 unspecified atom stereocenters. The summed E-state index contributed by atoms with van der Waals surface area (Å²) in [5.41, 5.74) is 7.66. The van der Waals surface area contributed by atoms with E-state index in [0.717, 1.165) is 25.7 Å². The lowest BCUT2D eigenvalue weighted by molar-refractivity contribution is -0.126. The number of rotatable bonds is 8. The van der Waals surface area contributed by atoms with Crippen LogP contribution < -0.4 is 5.73 Å². The summed E-state index contributed by atoms with van der Waals surface area (Å²) in [5.74, 6) is 0.153. The maximum absolute atomic E-state index is 12.4. The number of allylic oxidation sites excluding steroid dienone is 1. The van der Waals surface area contributed by atoms with Crippen LogP contribution in [0.3, 0.4) is 0 Å². The summed E-state index contributed by atoms with van der Waals surface area (Å²) in [6.07, 6.45) is 7.92. The van der Waals surface area contributed by atoms with Gasteiger partial charge in [-0.15, -0.1) is 0 Å². The normalized spacial score (nSPS) is 14.9. The number of carbonyl (C=O) groups excluding carboxylic acids is 2. The third kappa shape index (κ3) is 5.23. The van der Waals surface area contributed by atoms with E-state index in [0.29, 0.717) is 25.4 Å². The number of benzene rings is 1. The van der Waals surface area contributed by atoms with Crippen molar-refractivity contribution in [3.63, 3.8) is 0 Å². The van der Waals surface area contributed by atoms with Crippen LogP contribution in [0.15, 0.2) is 36.4 Å². The van der Waals surface area contributed by atoms with E-state index in [1.54, 1.807) is 6.08 Å². The molecule has 4 nitrogen and oxygen atoms in total. The number of primary amides is 1. The van der Waals surface area contributed by atoms with Gasteiger partial charge in [0.05, 0.1) is 0 Å². The molecule has 1 aliphatic rings. The number of nitrogens with zero attached hydrogens (tertiary/aromatic N) is 1. The van der Waals surface area contributed by atoms with Gasteiger partial charge in [0, 0.05) is 19.5 Å². The second-order valence-corrected chi connectivity index (χ2v) is 6.23. The van der Waals surface area contributed by atoms with Gasteiger partial charge in [0.2, 0.25) is 11.8 Å². The monoisotopic (exact) mass is 314 g/mol. The van der Waals surface area contributed by atoms with E-state index in [2.05, 4.69) is 19.1 Å². The van der Waals surface area contributed by atoms with Crippen molar-refractivity contribution in [2.24, 2.45) is 11.7 Å². The predicted molar refractivity (Wildman–Crippen MR) is 91.3 cm³/mol. The number of carbonyl (C=O) groups is 2. The van der Waals surface area contributed by atoms with Crippen LogP contribution in [0.4, 0.5) is 0 Å². The van der Waals surface area contributed by atoms with Crippen molar-refractivity contribution in [2.45, 2.75) is 52.1 Å². The van der Waals surface area contributed by atoms with Crippen molar-refractivity contribution in [3.05, 3.63) is 47.5 Å². The van der Waals surface area contributed by atoms with Crippen molar-refractivity contribution < 1.29 is 9.59 Å². The summed E-state index contributed by atoms with van der Waals surface area (Å²) in [5, 5.41) is 0. The van der Waals surface area contributed by atoms with Crippen molar-refractivity contribution in [3.8, 4) is 0 Å². The van der Waals surface area contributed by atoms with E-state index < -0.39 is 0 Å². The van der Waals surface area contributed by atoms with Crippen LogP contribution in [-0.2, 0) is 22.7 Å². The zero-order valence-corrected chi connectivity index (χ0v) is 13.8. The quantitative estimate of drug-likeness (QED) is 0.749. The highest BCUT2D eigenvalue weighted by Gasteiger charge is 2.21. The molecule has 1 atom stereocenters. The highest BCUT2D eigenvalue weighted by atomic mass is 16.2. The van der Waals surface area contributed by atoms with Gasteiger partial charge < -0.3 is 10.6 Å². The summed E-state index contributed by atoms with van der Waals surface area (Å²) in [6, 6.07) is 8.18. The Bertz CT molecular complexity index is 555. The zero-order chi connectivity index (χ0) is 16.7. The second-order valence-electron chi connectivity index (χ2n) is 6.23. The summed E-state index contributed by atoms with van der Waals surface area (Å²) in [4.78, 5) is 25.1. The first-order valence-electron chi connectivity index (χ1n) is 8.42. The van der Waals surface area contributed by atoms with E-state index in [4.69, 9.17) is 5.73 Å². The van der Waals surface area contributed by atoms with E-state index in [9.17, 15) is 9.59 Å². The number of fused-ring (bicyclic) bond motifs is 1. The molecule has 124 valence electrons. The number of nitrogens with two attached hydrogens (primary N) is 1. The van der Waals surface area contributed by atoms with Crippen molar-refractivity contribution in [2.75, 3.05) is 0 Å². The predicted octanol–water partition coefficient (Wildman–Crippen LogP) is 3.16. The first kappa shape index (κ1) is 17.3. The van der Waals surface area contributed by atoms with Crippen LogP contribution >= 0.6 is 0 Å². The Kier molecular flexibility index (Phi) is 6.39. The molecule has 1 aromatic carbocycles. The fraction of sp³-hybridized carbons (Fsp3) is 0.474. The molecule has 2 N–H and O–H groups in total. The molecular formula is C19H26N2O2. The Morgan fingerprint density at radius 2 is 1.87 bits per heavy atom. The first-order valence-corrected chi connectivity index (χ1v) is 8.42. The molecule has 1 heterocycles. The molecule has 0 saturated carbocycles. The van der Waals surface area contributed by atoms with Gasteiger partial charge in [-0.1, -0.05) is 43.7 Å².